The van der Waals surface area contributed by atoms with Gasteiger partial charge in [-0.1, -0.05) is 326 Å². The lowest BCUT2D eigenvalue weighted by atomic mass is 9.82. The minimum atomic E-state index is -0.486. The maximum absolute atomic E-state index is 9.92. The van der Waals surface area contributed by atoms with Gasteiger partial charge in [0.15, 0.2) is 34.9 Å². The molecule has 13 rings (SSSR count). The summed E-state index contributed by atoms with van der Waals surface area (Å²) in [5, 5.41) is 0.432. The Morgan fingerprint density at radius 1 is 0.222 bits per heavy atom. The molecule has 0 aliphatic carbocycles. The lowest BCUT2D eigenvalue weighted by molar-refractivity contribution is 0.590. The molecule has 0 radical (unpaired) electrons. The van der Waals surface area contributed by atoms with Crippen LogP contribution in [0.15, 0.2) is 242 Å². The zero-order chi connectivity index (χ0) is 69.7. The highest BCUT2D eigenvalue weighted by atomic mass is 15.0. The number of aromatic nitrogens is 6. The van der Waals surface area contributed by atoms with Gasteiger partial charge in [0.2, 0.25) is 0 Å². The number of hydrogen-bond acceptors (Lipinski definition) is 6. The van der Waals surface area contributed by atoms with Crippen LogP contribution in [0.5, 0.6) is 0 Å². The zero-order valence-electron chi connectivity index (χ0n) is 61.2. The van der Waals surface area contributed by atoms with Crippen molar-refractivity contribution >= 4 is 21.5 Å². The van der Waals surface area contributed by atoms with Crippen molar-refractivity contribution in [3.05, 3.63) is 265 Å². The van der Waals surface area contributed by atoms with Crippen molar-refractivity contribution in [1.29, 1.82) is 0 Å². The Balaban J connectivity index is 0.956. The Bertz CT molecular complexity index is 4720. The number of hydrogen-bond donors (Lipinski definition) is 0. The quantitative estimate of drug-likeness (QED) is 0.127. The van der Waals surface area contributed by atoms with Crippen LogP contribution in [0.4, 0.5) is 0 Å². The largest absolute Gasteiger partial charge is 0.208 e. The summed E-state index contributed by atoms with van der Waals surface area (Å²) in [6.45, 7) is 26.2. The van der Waals surface area contributed by atoms with Crippen LogP contribution in [-0.4, -0.2) is 29.9 Å². The fourth-order valence-corrected chi connectivity index (χ4v) is 11.7. The Kier molecular flexibility index (Phi) is 12.8. The third-order valence-corrected chi connectivity index (χ3v) is 17.0. The van der Waals surface area contributed by atoms with Gasteiger partial charge in [-0.3, -0.25) is 0 Å². The first-order valence-corrected chi connectivity index (χ1v) is 30.8. The van der Waals surface area contributed by atoms with E-state index in [-0.39, 0.29) is 78.5 Å². The van der Waals surface area contributed by atoms with E-state index < -0.39 is 24.2 Å². The molecule has 0 atom stereocenters. The molecule has 0 aliphatic heterocycles. The predicted molar refractivity (Wildman–Crippen MR) is 377 cm³/mol. The Morgan fingerprint density at radius 2 is 0.400 bits per heavy atom. The number of fused-ring (bicyclic) bond motifs is 2. The van der Waals surface area contributed by atoms with Crippen LogP contribution in [0.25, 0.3) is 134 Å². The van der Waals surface area contributed by atoms with Crippen molar-refractivity contribution in [2.75, 3.05) is 0 Å². The summed E-state index contributed by atoms with van der Waals surface area (Å²) >= 11 is 0. The van der Waals surface area contributed by atoms with E-state index in [1.54, 1.807) is 0 Å². The van der Waals surface area contributed by atoms with Crippen LogP contribution in [0.3, 0.4) is 0 Å². The molecule has 0 bridgehead atoms. The summed E-state index contributed by atoms with van der Waals surface area (Å²) in [6, 6.07) is 60.5. The van der Waals surface area contributed by atoms with E-state index in [2.05, 4.69) is 180 Å². The summed E-state index contributed by atoms with van der Waals surface area (Å²) in [5.41, 5.74) is 13.6. The molecular weight excluding hydrogens is 1090 g/mol. The first-order valence-electron chi connectivity index (χ1n) is 34.8. The van der Waals surface area contributed by atoms with Crippen LogP contribution in [0.1, 0.15) is 116 Å². The van der Waals surface area contributed by atoms with Gasteiger partial charge in [0, 0.05) is 33.4 Å². The fraction of sp³-hybridized carbons (Fsp3) is 0.190. The minimum absolute atomic E-state index is 0.0536. The van der Waals surface area contributed by atoms with E-state index in [4.69, 9.17) is 29.9 Å². The molecule has 0 saturated heterocycles. The molecule has 0 spiro atoms. The highest BCUT2D eigenvalue weighted by Crippen LogP contribution is 2.48. The van der Waals surface area contributed by atoms with Crippen LogP contribution in [0, 0.1) is 0 Å². The summed E-state index contributed by atoms with van der Waals surface area (Å²) in [7, 11) is 0. The third kappa shape index (κ3) is 11.8. The normalized spacial score (nSPS) is 13.5. The van der Waals surface area contributed by atoms with E-state index in [1.165, 1.54) is 22.3 Å². The van der Waals surface area contributed by atoms with E-state index in [0.29, 0.717) is 57.2 Å². The van der Waals surface area contributed by atoms with Crippen molar-refractivity contribution in [2.45, 2.75) is 105 Å². The Hall–Kier alpha value is -10.0. The van der Waals surface area contributed by atoms with E-state index >= 15 is 0 Å². The fourth-order valence-electron chi connectivity index (χ4n) is 11.7. The Labute approximate surface area is 542 Å². The van der Waals surface area contributed by atoms with Gasteiger partial charge in [0.05, 0.1) is 11.0 Å². The van der Waals surface area contributed by atoms with E-state index in [1.807, 2.05) is 97.1 Å². The first-order chi connectivity index (χ1) is 46.4. The molecule has 11 aromatic carbocycles. The molecule has 0 saturated carbocycles. The molecule has 6 heteroatoms. The van der Waals surface area contributed by atoms with Crippen LogP contribution < -0.4 is 0 Å². The molecule has 90 heavy (non-hydrogen) atoms. The second kappa shape index (κ2) is 23.2. The standard InChI is InChI=1S/C84H76N6/c1-81(2,3)61-45-37-57(38-46-61)77-85-75(86-78(89-77)58-39-47-62(48-40-58)82(4,5)6)55-33-29-53(30-34-55)65-21-13-15-23-67(65)73-69-25-17-19-27-71(69)74(72-28-20-18-26-70(72)73)68-24-16-14-22-66(68)54-31-35-56(36-32-54)76-87-79(59-41-49-63(50-42-59)83(7,8)9)90-80(88-76)60-43-51-64(52-44-60)84(10,11)12/h13-52H,1-12H3/i17D,18D,19D,20D,25D,26D,27D,28D. The van der Waals surface area contributed by atoms with Gasteiger partial charge in [0.25, 0.3) is 0 Å². The van der Waals surface area contributed by atoms with Crippen molar-refractivity contribution in [2.24, 2.45) is 0 Å². The lowest BCUT2D eigenvalue weighted by Crippen LogP contribution is -2.11. The van der Waals surface area contributed by atoms with Gasteiger partial charge >= 0.3 is 0 Å². The smallest absolute Gasteiger partial charge is 0.164 e. The van der Waals surface area contributed by atoms with E-state index in [0.717, 1.165) is 44.5 Å². The molecular formula is C84H76N6. The maximum atomic E-state index is 9.92. The second-order valence-electron chi connectivity index (χ2n) is 27.4. The highest BCUT2D eigenvalue weighted by molar-refractivity contribution is 6.23. The van der Waals surface area contributed by atoms with Gasteiger partial charge in [0.1, 0.15) is 0 Å². The molecule has 0 aliphatic rings. The van der Waals surface area contributed by atoms with Crippen molar-refractivity contribution in [3.8, 4) is 113 Å². The van der Waals surface area contributed by atoms with Gasteiger partial charge in [-0.05, 0) is 110 Å². The highest BCUT2D eigenvalue weighted by Gasteiger charge is 2.24. The first kappa shape index (κ1) is 49.9. The van der Waals surface area contributed by atoms with Crippen LogP contribution in [0.2, 0.25) is 0 Å². The van der Waals surface area contributed by atoms with Gasteiger partial charge in [-0.25, -0.2) is 29.9 Å². The SMILES string of the molecule is [2H]c1c([2H])c([2H])c2c(-c3ccccc3-c3ccc(-c4nc(-c5ccc(C(C)(C)C)cc5)nc(-c5ccc(C(C)(C)C)cc5)n4)cc3)c3c([2H])c([2H])c([2H])c([2H])c3c(-c3ccccc3-c3ccc(-c4nc(-c5ccc(C(C)(C)C)cc5)nc(-c5ccc(C(C)(C)C)cc5)n4)cc3)c2c1[2H]. The lowest BCUT2D eigenvalue weighted by Gasteiger charge is -2.21. The van der Waals surface area contributed by atoms with Crippen LogP contribution >= 0.6 is 0 Å². The maximum Gasteiger partial charge on any atom is 0.164 e. The summed E-state index contributed by atoms with van der Waals surface area (Å²) < 4.78 is 76.8. The molecule has 0 N–H and O–H groups in total. The summed E-state index contributed by atoms with van der Waals surface area (Å²) in [5.74, 6) is 3.01. The zero-order valence-corrected chi connectivity index (χ0v) is 53.2. The molecule has 0 fully saturated rings. The minimum Gasteiger partial charge on any atom is -0.208 e. The van der Waals surface area contributed by atoms with Gasteiger partial charge < -0.3 is 0 Å². The van der Waals surface area contributed by atoms with Crippen molar-refractivity contribution < 1.29 is 11.0 Å². The van der Waals surface area contributed by atoms with Gasteiger partial charge in [-0.15, -0.1) is 0 Å². The van der Waals surface area contributed by atoms with Crippen LogP contribution in [-0.2, 0) is 21.7 Å². The molecule has 13 aromatic rings. The monoisotopic (exact) mass is 1180 g/mol. The molecule has 2 heterocycles. The predicted octanol–water partition coefficient (Wildman–Crippen LogP) is 22.2. The van der Waals surface area contributed by atoms with Crippen molar-refractivity contribution in [1.82, 2.24) is 29.9 Å². The number of benzene rings is 11. The molecule has 6 nitrogen and oxygen atoms in total. The van der Waals surface area contributed by atoms with E-state index in [9.17, 15) is 11.0 Å². The average Bonchev–Trinajstić information content (AvgIpc) is 0.696. The molecule has 442 valence electrons. The summed E-state index contributed by atoms with van der Waals surface area (Å²) in [4.78, 5) is 30.5. The number of rotatable bonds is 10. The second-order valence-corrected chi connectivity index (χ2v) is 27.4. The average molecular weight is 1180 g/mol. The van der Waals surface area contributed by atoms with Crippen molar-refractivity contribution in [3.63, 3.8) is 0 Å². The molecule has 0 amide bonds. The molecule has 2 aromatic heterocycles. The van der Waals surface area contributed by atoms with Gasteiger partial charge in [-0.2, -0.15) is 0 Å². The number of nitrogens with zero attached hydrogens (tertiary/aromatic N) is 6. The molecule has 0 unspecified atom stereocenters. The summed E-state index contributed by atoms with van der Waals surface area (Å²) in [6.07, 6.45) is 0. The Morgan fingerprint density at radius 3 is 0.600 bits per heavy atom. The topological polar surface area (TPSA) is 77.3 Å². The third-order valence-electron chi connectivity index (χ3n) is 17.0.